The van der Waals surface area contributed by atoms with Crippen LogP contribution in [0.2, 0.25) is 0 Å². The number of amides is 1. The minimum absolute atomic E-state index is 0.149. The lowest BCUT2D eigenvalue weighted by Gasteiger charge is -2.14. The molecule has 0 bridgehead atoms. The third-order valence-corrected chi connectivity index (χ3v) is 3.73. The van der Waals surface area contributed by atoms with E-state index in [9.17, 15) is 18.4 Å². The van der Waals surface area contributed by atoms with E-state index in [0.717, 1.165) is 0 Å². The number of ether oxygens (including phenoxy) is 5. The first-order chi connectivity index (χ1) is 13.8. The van der Waals surface area contributed by atoms with Crippen LogP contribution in [-0.2, 0) is 14.3 Å². The largest absolute Gasteiger partial charge is 0.586 e. The number of benzene rings is 2. The molecule has 8 nitrogen and oxygen atoms in total. The third kappa shape index (κ3) is 5.24. The van der Waals surface area contributed by atoms with Gasteiger partial charge in [-0.1, -0.05) is 0 Å². The molecule has 0 aliphatic carbocycles. The second-order valence-corrected chi connectivity index (χ2v) is 5.92. The Hall–Kier alpha value is -3.56. The fraction of sp³-hybridized carbons (Fsp3) is 0.263. The van der Waals surface area contributed by atoms with Gasteiger partial charge in [0.15, 0.2) is 24.2 Å². The van der Waals surface area contributed by atoms with Crippen LogP contribution < -0.4 is 24.3 Å². The Morgan fingerprint density at radius 3 is 2.41 bits per heavy atom. The number of carbonyl (C=O) groups is 2. The molecule has 1 heterocycles. The molecule has 1 atom stereocenters. The Labute approximate surface area is 164 Å². The van der Waals surface area contributed by atoms with Gasteiger partial charge in [0.2, 0.25) is 0 Å². The topological polar surface area (TPSA) is 92.3 Å². The lowest BCUT2D eigenvalue weighted by atomic mass is 10.3. The average molecular weight is 409 g/mol. The van der Waals surface area contributed by atoms with E-state index in [1.54, 1.807) is 24.3 Å². The molecule has 10 heteroatoms. The van der Waals surface area contributed by atoms with Crippen LogP contribution in [0.25, 0.3) is 0 Å². The van der Waals surface area contributed by atoms with E-state index in [4.69, 9.17) is 14.2 Å². The first kappa shape index (κ1) is 20.2. The Balaban J connectivity index is 1.47. The Morgan fingerprint density at radius 2 is 1.72 bits per heavy atom. The van der Waals surface area contributed by atoms with Crippen molar-refractivity contribution >= 4 is 17.6 Å². The molecule has 29 heavy (non-hydrogen) atoms. The van der Waals surface area contributed by atoms with Crippen LogP contribution >= 0.6 is 0 Å². The van der Waals surface area contributed by atoms with Gasteiger partial charge < -0.3 is 29.0 Å². The average Bonchev–Trinajstić information content (AvgIpc) is 2.99. The molecule has 1 unspecified atom stereocenters. The fourth-order valence-corrected chi connectivity index (χ4v) is 2.38. The monoisotopic (exact) mass is 409 g/mol. The molecule has 3 rings (SSSR count). The summed E-state index contributed by atoms with van der Waals surface area (Å²) >= 11 is 0. The zero-order valence-corrected chi connectivity index (χ0v) is 15.4. The normalized spacial score (nSPS) is 14.6. The summed E-state index contributed by atoms with van der Waals surface area (Å²) in [6.45, 7) is 0.891. The number of fused-ring (bicyclic) bond motifs is 1. The lowest BCUT2D eigenvalue weighted by molar-refractivity contribution is -0.286. The molecule has 1 aliphatic rings. The zero-order chi connectivity index (χ0) is 21.0. The van der Waals surface area contributed by atoms with Crippen LogP contribution in [0.3, 0.4) is 0 Å². The molecule has 0 radical (unpaired) electrons. The highest BCUT2D eigenvalue weighted by Crippen LogP contribution is 2.42. The highest BCUT2D eigenvalue weighted by Gasteiger charge is 2.43. The number of hydrogen-bond acceptors (Lipinski definition) is 7. The molecule has 1 amide bonds. The van der Waals surface area contributed by atoms with Crippen molar-refractivity contribution in [1.29, 1.82) is 0 Å². The van der Waals surface area contributed by atoms with Crippen molar-refractivity contribution in [1.82, 2.24) is 0 Å². The van der Waals surface area contributed by atoms with Crippen molar-refractivity contribution in [2.45, 2.75) is 19.3 Å². The quantitative estimate of drug-likeness (QED) is 0.703. The lowest BCUT2D eigenvalue weighted by Crippen LogP contribution is -2.29. The van der Waals surface area contributed by atoms with E-state index in [0.29, 0.717) is 11.5 Å². The van der Waals surface area contributed by atoms with Crippen LogP contribution in [0.15, 0.2) is 42.5 Å². The summed E-state index contributed by atoms with van der Waals surface area (Å²) in [5.74, 6) is -0.717. The molecule has 2 aromatic carbocycles. The van der Waals surface area contributed by atoms with Gasteiger partial charge in [-0.2, -0.15) is 0 Å². The van der Waals surface area contributed by atoms with Gasteiger partial charge in [-0.3, -0.25) is 4.79 Å². The predicted molar refractivity (Wildman–Crippen MR) is 95.3 cm³/mol. The highest BCUT2D eigenvalue weighted by molar-refractivity contribution is 5.93. The highest BCUT2D eigenvalue weighted by atomic mass is 19.3. The molecule has 0 spiro atoms. The fourth-order valence-electron chi connectivity index (χ4n) is 2.38. The van der Waals surface area contributed by atoms with E-state index >= 15 is 0 Å². The summed E-state index contributed by atoms with van der Waals surface area (Å²) in [6.07, 6.45) is -4.70. The van der Waals surface area contributed by atoms with Crippen LogP contribution in [0.5, 0.6) is 23.0 Å². The second kappa shape index (κ2) is 8.21. The maximum atomic E-state index is 13.0. The minimum atomic E-state index is -3.75. The zero-order valence-electron chi connectivity index (χ0n) is 15.4. The number of carbonyl (C=O) groups excluding carboxylic acids is 2. The maximum absolute atomic E-state index is 13.0. The van der Waals surface area contributed by atoms with Gasteiger partial charge >= 0.3 is 12.3 Å². The number of halogens is 2. The number of methoxy groups -OCH3 is 1. The second-order valence-electron chi connectivity index (χ2n) is 5.92. The number of rotatable bonds is 7. The summed E-state index contributed by atoms with van der Waals surface area (Å²) in [5, 5.41) is 2.40. The van der Waals surface area contributed by atoms with E-state index in [-0.39, 0.29) is 17.2 Å². The van der Waals surface area contributed by atoms with Gasteiger partial charge in [-0.25, -0.2) is 4.79 Å². The summed E-state index contributed by atoms with van der Waals surface area (Å²) in [6, 6.07) is 10.3. The first-order valence-corrected chi connectivity index (χ1v) is 8.43. The molecule has 1 N–H and O–H groups in total. The van der Waals surface area contributed by atoms with E-state index in [1.165, 1.54) is 32.2 Å². The van der Waals surface area contributed by atoms with Crippen molar-refractivity contribution in [2.24, 2.45) is 0 Å². The van der Waals surface area contributed by atoms with Crippen molar-refractivity contribution in [3.05, 3.63) is 42.5 Å². The van der Waals surface area contributed by atoms with Crippen LogP contribution in [0, 0.1) is 0 Å². The number of alkyl halides is 2. The number of nitrogens with one attached hydrogen (secondary N) is 1. The van der Waals surface area contributed by atoms with Gasteiger partial charge in [0, 0.05) is 11.8 Å². The van der Waals surface area contributed by atoms with E-state index in [2.05, 4.69) is 14.8 Å². The van der Waals surface area contributed by atoms with Gasteiger partial charge in [0.25, 0.3) is 5.91 Å². The summed E-state index contributed by atoms with van der Waals surface area (Å²) in [4.78, 5) is 23.9. The number of anilines is 1. The van der Waals surface area contributed by atoms with E-state index < -0.39 is 30.9 Å². The minimum Gasteiger partial charge on any atom is -0.497 e. The Kier molecular flexibility index (Phi) is 5.71. The van der Waals surface area contributed by atoms with Crippen LogP contribution in [0.1, 0.15) is 6.92 Å². The van der Waals surface area contributed by atoms with Crippen molar-refractivity contribution in [2.75, 3.05) is 19.0 Å². The molecule has 1 aliphatic heterocycles. The number of hydrogen-bond donors (Lipinski definition) is 1. The van der Waals surface area contributed by atoms with Gasteiger partial charge in [-0.05, 0) is 43.3 Å². The van der Waals surface area contributed by atoms with Gasteiger partial charge in [0.05, 0.1) is 7.11 Å². The number of esters is 1. The smallest absolute Gasteiger partial charge is 0.497 e. The molecule has 0 saturated heterocycles. The van der Waals surface area contributed by atoms with Gasteiger partial charge in [-0.15, -0.1) is 8.78 Å². The van der Waals surface area contributed by atoms with Crippen LogP contribution in [0.4, 0.5) is 14.5 Å². The summed E-state index contributed by atoms with van der Waals surface area (Å²) in [5.41, 5.74) is 0.175. The van der Waals surface area contributed by atoms with Gasteiger partial charge in [0.1, 0.15) is 11.5 Å². The summed E-state index contributed by atoms with van der Waals surface area (Å²) < 4.78 is 49.9. The molecule has 0 aromatic heterocycles. The standard InChI is InChI=1S/C19H17F2NO7/c1-11(27-14-6-4-13(25-2)5-7-14)18(24)26-10-17(23)22-12-3-8-15-16(9-12)29-19(20,21)28-15/h3-9,11H,10H2,1-2H3,(H,22,23). The third-order valence-electron chi connectivity index (χ3n) is 3.73. The molecule has 2 aromatic rings. The molecule has 154 valence electrons. The molecule has 0 fully saturated rings. The Bertz CT molecular complexity index is 902. The van der Waals surface area contributed by atoms with Crippen molar-refractivity contribution in [3.8, 4) is 23.0 Å². The van der Waals surface area contributed by atoms with Crippen LogP contribution in [-0.4, -0.2) is 38.0 Å². The predicted octanol–water partition coefficient (Wildman–Crippen LogP) is 2.97. The maximum Gasteiger partial charge on any atom is 0.586 e. The van der Waals surface area contributed by atoms with E-state index in [1.807, 2.05) is 0 Å². The molecule has 0 saturated carbocycles. The molecular weight excluding hydrogens is 392 g/mol. The summed E-state index contributed by atoms with van der Waals surface area (Å²) in [7, 11) is 1.53. The van der Waals surface area contributed by atoms with Crippen molar-refractivity contribution in [3.63, 3.8) is 0 Å². The van der Waals surface area contributed by atoms with Crippen molar-refractivity contribution < 1.29 is 42.1 Å². The SMILES string of the molecule is COc1ccc(OC(C)C(=O)OCC(=O)Nc2ccc3c(c2)OC(F)(F)O3)cc1. The Morgan fingerprint density at radius 1 is 1.07 bits per heavy atom. The first-order valence-electron chi connectivity index (χ1n) is 8.43. The molecular formula is C19H17F2NO7.